The van der Waals surface area contributed by atoms with Gasteiger partial charge in [0.15, 0.2) is 0 Å². The molecular weight excluding hydrogens is 214 g/mol. The first-order valence-electron chi connectivity index (χ1n) is 7.27. The van der Waals surface area contributed by atoms with Gasteiger partial charge in [-0.25, -0.2) is 0 Å². The highest BCUT2D eigenvalue weighted by Gasteiger charge is 2.30. The number of aliphatic hydroxyl groups is 2. The Balaban J connectivity index is 1.83. The molecule has 1 aliphatic heterocycles. The summed E-state index contributed by atoms with van der Waals surface area (Å²) in [7, 11) is 0. The molecule has 0 aromatic rings. The second kappa shape index (κ2) is 6.17. The molecule has 3 heteroatoms. The van der Waals surface area contributed by atoms with E-state index in [-0.39, 0.29) is 12.2 Å². The van der Waals surface area contributed by atoms with Gasteiger partial charge >= 0.3 is 0 Å². The lowest BCUT2D eigenvalue weighted by atomic mass is 9.78. The van der Waals surface area contributed by atoms with Gasteiger partial charge in [-0.3, -0.25) is 0 Å². The first kappa shape index (κ1) is 13.3. The molecule has 1 heterocycles. The fourth-order valence-electron chi connectivity index (χ4n) is 3.44. The van der Waals surface area contributed by atoms with Gasteiger partial charge in [0.1, 0.15) is 0 Å². The van der Waals surface area contributed by atoms with Crippen LogP contribution < -0.4 is 0 Å². The summed E-state index contributed by atoms with van der Waals surface area (Å²) < 4.78 is 0. The molecule has 3 nitrogen and oxygen atoms in total. The van der Waals surface area contributed by atoms with Gasteiger partial charge in [-0.2, -0.15) is 0 Å². The summed E-state index contributed by atoms with van der Waals surface area (Å²) >= 11 is 0. The molecule has 100 valence electrons. The summed E-state index contributed by atoms with van der Waals surface area (Å²) in [5, 5.41) is 19.8. The molecule has 4 atom stereocenters. The minimum absolute atomic E-state index is 0.114. The molecule has 1 saturated heterocycles. The van der Waals surface area contributed by atoms with E-state index in [0.717, 1.165) is 44.8 Å². The number of likely N-dealkylation sites (tertiary alicyclic amines) is 1. The van der Waals surface area contributed by atoms with Gasteiger partial charge in [-0.05, 0) is 50.5 Å². The van der Waals surface area contributed by atoms with Crippen LogP contribution >= 0.6 is 0 Å². The monoisotopic (exact) mass is 241 g/mol. The van der Waals surface area contributed by atoms with Crippen LogP contribution in [0.25, 0.3) is 0 Å². The predicted octanol–water partition coefficient (Wildman–Crippen LogP) is 1.63. The lowest BCUT2D eigenvalue weighted by Gasteiger charge is -2.38. The van der Waals surface area contributed by atoms with Crippen molar-refractivity contribution in [2.75, 3.05) is 19.6 Å². The Morgan fingerprint density at radius 3 is 2.71 bits per heavy atom. The van der Waals surface area contributed by atoms with Gasteiger partial charge in [0.25, 0.3) is 0 Å². The van der Waals surface area contributed by atoms with E-state index >= 15 is 0 Å². The quantitative estimate of drug-likeness (QED) is 0.789. The molecule has 17 heavy (non-hydrogen) atoms. The number of nitrogens with zero attached hydrogens (tertiary/aromatic N) is 1. The summed E-state index contributed by atoms with van der Waals surface area (Å²) in [5.41, 5.74) is 0. The van der Waals surface area contributed by atoms with Gasteiger partial charge in [0.2, 0.25) is 0 Å². The average Bonchev–Trinajstić information content (AvgIpc) is 2.32. The Hall–Kier alpha value is -0.120. The maximum absolute atomic E-state index is 10.1. The predicted molar refractivity (Wildman–Crippen MR) is 68.8 cm³/mol. The Bertz CT molecular complexity index is 234. The smallest absolute Gasteiger partial charge is 0.0667 e. The molecule has 1 aliphatic carbocycles. The third kappa shape index (κ3) is 3.67. The van der Waals surface area contributed by atoms with Gasteiger partial charge in [0, 0.05) is 13.1 Å². The summed E-state index contributed by atoms with van der Waals surface area (Å²) in [4.78, 5) is 2.35. The number of rotatable bonds is 3. The number of piperidine rings is 1. The van der Waals surface area contributed by atoms with E-state index in [1.54, 1.807) is 0 Å². The fraction of sp³-hybridized carbons (Fsp3) is 1.00. The van der Waals surface area contributed by atoms with Crippen molar-refractivity contribution in [2.45, 2.75) is 57.7 Å². The van der Waals surface area contributed by atoms with Crippen molar-refractivity contribution in [3.8, 4) is 0 Å². The topological polar surface area (TPSA) is 43.7 Å². The molecule has 0 aromatic heterocycles. The molecule has 2 fully saturated rings. The van der Waals surface area contributed by atoms with Gasteiger partial charge in [0.05, 0.1) is 12.2 Å². The molecule has 0 aromatic carbocycles. The third-order valence-corrected chi connectivity index (χ3v) is 4.60. The lowest BCUT2D eigenvalue weighted by molar-refractivity contribution is 0.00480. The van der Waals surface area contributed by atoms with Gasteiger partial charge in [-0.1, -0.05) is 13.3 Å². The van der Waals surface area contributed by atoms with Crippen molar-refractivity contribution in [2.24, 2.45) is 11.8 Å². The Morgan fingerprint density at radius 2 is 2.00 bits per heavy atom. The molecule has 0 amide bonds. The summed E-state index contributed by atoms with van der Waals surface area (Å²) in [6, 6.07) is 0. The third-order valence-electron chi connectivity index (χ3n) is 4.60. The van der Waals surface area contributed by atoms with Crippen LogP contribution in [0.1, 0.15) is 45.4 Å². The zero-order chi connectivity index (χ0) is 12.3. The van der Waals surface area contributed by atoms with Gasteiger partial charge < -0.3 is 15.1 Å². The van der Waals surface area contributed by atoms with Crippen LogP contribution in [0.2, 0.25) is 0 Å². The van der Waals surface area contributed by atoms with Gasteiger partial charge in [-0.15, -0.1) is 0 Å². The van der Waals surface area contributed by atoms with Crippen LogP contribution in [0.5, 0.6) is 0 Å². The zero-order valence-electron chi connectivity index (χ0n) is 11.0. The second-order valence-electron chi connectivity index (χ2n) is 5.97. The minimum atomic E-state index is -0.147. The standard InChI is InChI=1S/C14H27NO2/c1-2-11-5-6-14(17)12(8-11)9-15-7-3-4-13(16)10-15/h11-14,16-17H,2-10H2,1H3. The Labute approximate surface area is 105 Å². The highest BCUT2D eigenvalue weighted by atomic mass is 16.3. The van der Waals surface area contributed by atoms with Crippen molar-refractivity contribution >= 4 is 0 Å². The van der Waals surface area contributed by atoms with Crippen molar-refractivity contribution in [3.63, 3.8) is 0 Å². The zero-order valence-corrected chi connectivity index (χ0v) is 11.0. The SMILES string of the molecule is CCC1CCC(O)C(CN2CCCC(O)C2)C1. The van der Waals surface area contributed by atoms with Crippen molar-refractivity contribution < 1.29 is 10.2 Å². The summed E-state index contributed by atoms with van der Waals surface area (Å²) in [6.45, 7) is 5.13. The van der Waals surface area contributed by atoms with Crippen LogP contribution in [0.3, 0.4) is 0 Å². The Morgan fingerprint density at radius 1 is 1.18 bits per heavy atom. The molecule has 1 saturated carbocycles. The van der Waals surface area contributed by atoms with Crippen LogP contribution in [0, 0.1) is 11.8 Å². The van der Waals surface area contributed by atoms with E-state index in [1.807, 2.05) is 0 Å². The first-order valence-corrected chi connectivity index (χ1v) is 7.27. The normalized spacial score (nSPS) is 40.4. The average molecular weight is 241 g/mol. The molecule has 2 rings (SSSR count). The number of hydrogen-bond acceptors (Lipinski definition) is 3. The lowest BCUT2D eigenvalue weighted by Crippen LogP contribution is -2.44. The number of β-amino-alcohol motifs (C(OH)–C–C–N with tert-alkyl or cyclic N) is 1. The Kier molecular flexibility index (Phi) is 4.83. The number of hydrogen-bond donors (Lipinski definition) is 2. The maximum Gasteiger partial charge on any atom is 0.0667 e. The van der Waals surface area contributed by atoms with Crippen molar-refractivity contribution in [3.05, 3.63) is 0 Å². The maximum atomic E-state index is 10.1. The van der Waals surface area contributed by atoms with Crippen LogP contribution in [0.15, 0.2) is 0 Å². The summed E-state index contributed by atoms with van der Waals surface area (Å²) in [5.74, 6) is 1.23. The largest absolute Gasteiger partial charge is 0.393 e. The highest BCUT2D eigenvalue weighted by Crippen LogP contribution is 2.32. The minimum Gasteiger partial charge on any atom is -0.393 e. The van der Waals surface area contributed by atoms with E-state index in [2.05, 4.69) is 11.8 Å². The van der Waals surface area contributed by atoms with E-state index < -0.39 is 0 Å². The van der Waals surface area contributed by atoms with E-state index in [4.69, 9.17) is 0 Å². The van der Waals surface area contributed by atoms with E-state index in [1.165, 1.54) is 19.3 Å². The van der Waals surface area contributed by atoms with Crippen LogP contribution in [0.4, 0.5) is 0 Å². The molecule has 4 unspecified atom stereocenters. The molecule has 0 radical (unpaired) electrons. The van der Waals surface area contributed by atoms with Crippen LogP contribution in [-0.2, 0) is 0 Å². The number of aliphatic hydroxyl groups excluding tert-OH is 2. The van der Waals surface area contributed by atoms with E-state index in [9.17, 15) is 10.2 Å². The first-order chi connectivity index (χ1) is 8.19. The summed E-state index contributed by atoms with van der Waals surface area (Å²) in [6.07, 6.45) is 6.36. The van der Waals surface area contributed by atoms with Crippen molar-refractivity contribution in [1.29, 1.82) is 0 Å². The van der Waals surface area contributed by atoms with Crippen molar-refractivity contribution in [1.82, 2.24) is 4.90 Å². The molecule has 0 spiro atoms. The molecule has 2 N–H and O–H groups in total. The van der Waals surface area contributed by atoms with Crippen LogP contribution in [-0.4, -0.2) is 47.0 Å². The molecular formula is C14H27NO2. The highest BCUT2D eigenvalue weighted by molar-refractivity contribution is 4.83. The fourth-order valence-corrected chi connectivity index (χ4v) is 3.44. The van der Waals surface area contributed by atoms with E-state index in [0.29, 0.717) is 5.92 Å². The molecule has 2 aliphatic rings. The molecule has 0 bridgehead atoms. The second-order valence-corrected chi connectivity index (χ2v) is 5.97.